The van der Waals surface area contributed by atoms with Crippen molar-refractivity contribution in [1.29, 1.82) is 0 Å². The van der Waals surface area contributed by atoms with Crippen LogP contribution in [0.2, 0.25) is 0 Å². The number of hydrogen-bond acceptors (Lipinski definition) is 4. The lowest BCUT2D eigenvalue weighted by Gasteiger charge is -2.25. The molecule has 0 unspecified atom stereocenters. The normalized spacial score (nSPS) is 11.4. The summed E-state index contributed by atoms with van der Waals surface area (Å²) < 4.78 is 35.9. The number of sulfonamides is 1. The predicted molar refractivity (Wildman–Crippen MR) is 81.3 cm³/mol. The summed E-state index contributed by atoms with van der Waals surface area (Å²) in [5.74, 6) is -0.346. The van der Waals surface area contributed by atoms with E-state index in [2.05, 4.69) is 0 Å². The third-order valence-electron chi connectivity index (χ3n) is 3.08. The number of rotatable bonds is 4. The van der Waals surface area contributed by atoms with Gasteiger partial charge in [0.25, 0.3) is 0 Å². The van der Waals surface area contributed by atoms with Gasteiger partial charge < -0.3 is 10.6 Å². The second kappa shape index (κ2) is 5.71. The van der Waals surface area contributed by atoms with Crippen molar-refractivity contribution in [2.24, 2.45) is 5.14 Å². The van der Waals surface area contributed by atoms with Crippen LogP contribution in [0, 0.1) is 5.82 Å². The third kappa shape index (κ3) is 3.32. The van der Waals surface area contributed by atoms with Gasteiger partial charge in [-0.15, -0.1) is 0 Å². The first-order valence-corrected chi connectivity index (χ1v) is 7.83. The fourth-order valence-corrected chi connectivity index (χ4v) is 2.58. The minimum atomic E-state index is -3.81. The quantitative estimate of drug-likeness (QED) is 0.847. The molecule has 0 aromatic heterocycles. The van der Waals surface area contributed by atoms with Crippen molar-refractivity contribution in [3.8, 4) is 0 Å². The maximum atomic E-state index is 13.0. The Morgan fingerprint density at radius 1 is 1.14 bits per heavy atom. The number of nitrogens with two attached hydrogens (primary N) is 2. The Kier molecular flexibility index (Phi) is 4.15. The SMILES string of the molecule is CCN(c1ccc(F)cc1)c1cc(S(N)(=O)=O)ccc1N. The van der Waals surface area contributed by atoms with Crippen LogP contribution in [0.25, 0.3) is 0 Å². The molecule has 0 aliphatic rings. The Balaban J connectivity index is 2.54. The molecule has 21 heavy (non-hydrogen) atoms. The zero-order chi connectivity index (χ0) is 15.6. The van der Waals surface area contributed by atoms with Gasteiger partial charge >= 0.3 is 0 Å². The van der Waals surface area contributed by atoms with E-state index in [4.69, 9.17) is 10.9 Å². The van der Waals surface area contributed by atoms with Gasteiger partial charge in [-0.3, -0.25) is 0 Å². The Labute approximate surface area is 123 Å². The number of primary sulfonamides is 1. The van der Waals surface area contributed by atoms with Crippen molar-refractivity contribution < 1.29 is 12.8 Å². The molecule has 0 aliphatic heterocycles. The van der Waals surface area contributed by atoms with Gasteiger partial charge in [0.2, 0.25) is 10.0 Å². The third-order valence-corrected chi connectivity index (χ3v) is 3.99. The number of nitrogen functional groups attached to an aromatic ring is 1. The smallest absolute Gasteiger partial charge is 0.238 e. The van der Waals surface area contributed by atoms with E-state index in [0.29, 0.717) is 23.6 Å². The van der Waals surface area contributed by atoms with Gasteiger partial charge in [-0.25, -0.2) is 17.9 Å². The number of halogens is 1. The predicted octanol–water partition coefficient (Wildman–Crippen LogP) is 2.21. The molecule has 0 aliphatic carbocycles. The van der Waals surface area contributed by atoms with Crippen molar-refractivity contribution in [3.63, 3.8) is 0 Å². The molecule has 0 amide bonds. The van der Waals surface area contributed by atoms with Crippen LogP contribution in [0.3, 0.4) is 0 Å². The molecule has 0 fully saturated rings. The molecule has 2 rings (SSSR count). The molecule has 112 valence electrons. The van der Waals surface area contributed by atoms with Crippen LogP contribution in [0.4, 0.5) is 21.5 Å². The summed E-state index contributed by atoms with van der Waals surface area (Å²) in [6, 6.07) is 10.1. The van der Waals surface area contributed by atoms with Gasteiger partial charge in [-0.2, -0.15) is 0 Å². The highest BCUT2D eigenvalue weighted by Gasteiger charge is 2.15. The van der Waals surface area contributed by atoms with Gasteiger partial charge in [0.15, 0.2) is 0 Å². The molecule has 7 heteroatoms. The van der Waals surface area contributed by atoms with Crippen LogP contribution < -0.4 is 15.8 Å². The zero-order valence-electron chi connectivity index (χ0n) is 11.5. The van der Waals surface area contributed by atoms with E-state index in [1.807, 2.05) is 6.92 Å². The zero-order valence-corrected chi connectivity index (χ0v) is 12.3. The monoisotopic (exact) mass is 309 g/mol. The van der Waals surface area contributed by atoms with E-state index < -0.39 is 10.0 Å². The molecule has 0 saturated heterocycles. The lowest BCUT2D eigenvalue weighted by molar-refractivity contribution is 0.598. The van der Waals surface area contributed by atoms with E-state index in [-0.39, 0.29) is 10.7 Å². The van der Waals surface area contributed by atoms with Gasteiger partial charge in [0.05, 0.1) is 16.3 Å². The molecular weight excluding hydrogens is 293 g/mol. The van der Waals surface area contributed by atoms with Gasteiger partial charge in [0.1, 0.15) is 5.82 Å². The van der Waals surface area contributed by atoms with Crippen molar-refractivity contribution in [2.75, 3.05) is 17.2 Å². The molecule has 0 radical (unpaired) electrons. The Hall–Kier alpha value is -2.12. The number of hydrogen-bond donors (Lipinski definition) is 2. The summed E-state index contributed by atoms with van der Waals surface area (Å²) in [6.45, 7) is 2.41. The minimum absolute atomic E-state index is 0.0211. The summed E-state index contributed by atoms with van der Waals surface area (Å²) in [4.78, 5) is 1.76. The highest BCUT2D eigenvalue weighted by molar-refractivity contribution is 7.89. The maximum Gasteiger partial charge on any atom is 0.238 e. The summed E-state index contributed by atoms with van der Waals surface area (Å²) >= 11 is 0. The standard InChI is InChI=1S/C14H16FN3O2S/c1-2-18(11-5-3-10(15)4-6-11)14-9-12(21(17,19)20)7-8-13(14)16/h3-9H,2,16H2,1H3,(H2,17,19,20). The first-order chi connectivity index (χ1) is 9.82. The van der Waals surface area contributed by atoms with Crippen LogP contribution in [0.5, 0.6) is 0 Å². The summed E-state index contributed by atoms with van der Waals surface area (Å²) in [7, 11) is -3.81. The van der Waals surface area contributed by atoms with Crippen LogP contribution in [0.1, 0.15) is 6.92 Å². The highest BCUT2D eigenvalue weighted by Crippen LogP contribution is 2.32. The minimum Gasteiger partial charge on any atom is -0.397 e. The number of anilines is 3. The number of benzene rings is 2. The average Bonchev–Trinajstić information content (AvgIpc) is 2.42. The largest absolute Gasteiger partial charge is 0.397 e. The molecule has 0 spiro atoms. The Morgan fingerprint density at radius 2 is 1.76 bits per heavy atom. The van der Waals surface area contributed by atoms with Crippen molar-refractivity contribution in [2.45, 2.75) is 11.8 Å². The fourth-order valence-electron chi connectivity index (χ4n) is 2.05. The second-order valence-electron chi connectivity index (χ2n) is 4.49. The van der Waals surface area contributed by atoms with Crippen LogP contribution in [-0.2, 0) is 10.0 Å². The van der Waals surface area contributed by atoms with Crippen LogP contribution in [-0.4, -0.2) is 15.0 Å². The second-order valence-corrected chi connectivity index (χ2v) is 6.05. The van der Waals surface area contributed by atoms with Crippen molar-refractivity contribution in [3.05, 3.63) is 48.3 Å². The van der Waals surface area contributed by atoms with Crippen LogP contribution >= 0.6 is 0 Å². The van der Waals surface area contributed by atoms with Gasteiger partial charge in [0, 0.05) is 12.2 Å². The van der Waals surface area contributed by atoms with Crippen molar-refractivity contribution >= 4 is 27.1 Å². The Bertz CT molecular complexity index is 745. The summed E-state index contributed by atoms with van der Waals surface area (Å²) in [5, 5.41) is 5.14. The average molecular weight is 309 g/mol. The summed E-state index contributed by atoms with van der Waals surface area (Å²) in [6.07, 6.45) is 0. The molecule has 0 bridgehead atoms. The van der Waals surface area contributed by atoms with E-state index in [1.165, 1.54) is 30.3 Å². The highest BCUT2D eigenvalue weighted by atomic mass is 32.2. The maximum absolute atomic E-state index is 13.0. The first kappa shape index (κ1) is 15.3. The number of nitrogens with zero attached hydrogens (tertiary/aromatic N) is 1. The molecule has 4 N–H and O–H groups in total. The van der Waals surface area contributed by atoms with E-state index in [9.17, 15) is 12.8 Å². The molecule has 0 heterocycles. The van der Waals surface area contributed by atoms with Crippen molar-refractivity contribution in [1.82, 2.24) is 0 Å². The van der Waals surface area contributed by atoms with Crippen LogP contribution in [0.15, 0.2) is 47.4 Å². The molecule has 5 nitrogen and oxygen atoms in total. The van der Waals surface area contributed by atoms with E-state index >= 15 is 0 Å². The van der Waals surface area contributed by atoms with E-state index in [0.717, 1.165) is 0 Å². The lowest BCUT2D eigenvalue weighted by atomic mass is 10.2. The molecule has 2 aromatic carbocycles. The first-order valence-electron chi connectivity index (χ1n) is 6.28. The summed E-state index contributed by atoms with van der Waals surface area (Å²) in [5.41, 5.74) is 7.55. The fraction of sp³-hybridized carbons (Fsp3) is 0.143. The topological polar surface area (TPSA) is 89.4 Å². The molecular formula is C14H16FN3O2S. The van der Waals surface area contributed by atoms with Gasteiger partial charge in [-0.05, 0) is 49.4 Å². The van der Waals surface area contributed by atoms with E-state index in [1.54, 1.807) is 17.0 Å². The van der Waals surface area contributed by atoms with Gasteiger partial charge in [-0.1, -0.05) is 0 Å². The lowest BCUT2D eigenvalue weighted by Crippen LogP contribution is -2.19. The molecule has 0 saturated carbocycles. The molecule has 0 atom stereocenters. The molecule has 2 aromatic rings. The Morgan fingerprint density at radius 3 is 2.29 bits per heavy atom.